The van der Waals surface area contributed by atoms with Crippen molar-refractivity contribution in [1.82, 2.24) is 0 Å². The Hall–Kier alpha value is -1.46. The topological polar surface area (TPSA) is 35.2 Å². The molecular formula is C14H19NO. The molecule has 0 fully saturated rings. The van der Waals surface area contributed by atoms with Crippen LogP contribution in [0.3, 0.4) is 0 Å². The van der Waals surface area contributed by atoms with Crippen LogP contribution < -0.4 is 10.5 Å². The minimum Gasteiger partial charge on any atom is -0.491 e. The molecule has 0 bridgehead atoms. The van der Waals surface area contributed by atoms with Gasteiger partial charge in [-0.2, -0.15) is 0 Å². The van der Waals surface area contributed by atoms with E-state index in [1.165, 1.54) is 0 Å². The zero-order valence-electron chi connectivity index (χ0n) is 9.99. The van der Waals surface area contributed by atoms with Crippen LogP contribution in [0.2, 0.25) is 0 Å². The lowest BCUT2D eigenvalue weighted by molar-refractivity contribution is 0.242. The Labute approximate surface area is 97.8 Å². The molecule has 0 aromatic heterocycles. The standard InChI is InChI=1S/C14H19NO/c1-12(2)16-14-9-6-8-13(11-14)7-4-3-5-10-15/h6,8-9,11-12H,3,5,10,15H2,1-2H3. The van der Waals surface area contributed by atoms with E-state index in [4.69, 9.17) is 10.5 Å². The molecule has 1 aromatic rings. The second-order valence-electron chi connectivity index (χ2n) is 3.89. The molecule has 86 valence electrons. The number of unbranched alkanes of at least 4 members (excludes halogenated alkanes) is 1. The molecule has 0 heterocycles. The van der Waals surface area contributed by atoms with Gasteiger partial charge >= 0.3 is 0 Å². The van der Waals surface area contributed by atoms with Crippen LogP contribution >= 0.6 is 0 Å². The van der Waals surface area contributed by atoms with Crippen molar-refractivity contribution in [2.45, 2.75) is 32.8 Å². The molecule has 0 spiro atoms. The third-order valence-corrected chi connectivity index (χ3v) is 1.94. The van der Waals surface area contributed by atoms with Crippen molar-refractivity contribution >= 4 is 0 Å². The number of hydrogen-bond acceptors (Lipinski definition) is 2. The van der Waals surface area contributed by atoms with E-state index in [1.54, 1.807) is 0 Å². The molecule has 0 aliphatic rings. The smallest absolute Gasteiger partial charge is 0.120 e. The van der Waals surface area contributed by atoms with Gasteiger partial charge in [0, 0.05) is 12.0 Å². The van der Waals surface area contributed by atoms with E-state index < -0.39 is 0 Å². The van der Waals surface area contributed by atoms with E-state index in [-0.39, 0.29) is 6.10 Å². The zero-order chi connectivity index (χ0) is 11.8. The van der Waals surface area contributed by atoms with E-state index in [9.17, 15) is 0 Å². The summed E-state index contributed by atoms with van der Waals surface area (Å²) in [4.78, 5) is 0. The molecule has 0 saturated heterocycles. The highest BCUT2D eigenvalue weighted by Gasteiger charge is 1.97. The van der Waals surface area contributed by atoms with Crippen molar-refractivity contribution < 1.29 is 4.74 Å². The van der Waals surface area contributed by atoms with Crippen LogP contribution in [0.15, 0.2) is 24.3 Å². The predicted molar refractivity (Wildman–Crippen MR) is 67.4 cm³/mol. The molecular weight excluding hydrogens is 198 g/mol. The van der Waals surface area contributed by atoms with Crippen LogP contribution in [0.25, 0.3) is 0 Å². The number of ether oxygens (including phenoxy) is 1. The summed E-state index contributed by atoms with van der Waals surface area (Å²) in [6, 6.07) is 7.87. The normalized spacial score (nSPS) is 9.75. The van der Waals surface area contributed by atoms with Gasteiger partial charge in [-0.25, -0.2) is 0 Å². The lowest BCUT2D eigenvalue weighted by atomic mass is 10.2. The van der Waals surface area contributed by atoms with E-state index in [0.29, 0.717) is 6.54 Å². The maximum Gasteiger partial charge on any atom is 0.120 e. The molecule has 0 saturated carbocycles. The molecule has 1 aromatic carbocycles. The Bertz CT molecular complexity index is 374. The van der Waals surface area contributed by atoms with Crippen molar-refractivity contribution in [3.8, 4) is 17.6 Å². The van der Waals surface area contributed by atoms with Crippen LogP contribution in [0, 0.1) is 11.8 Å². The fraction of sp³-hybridized carbons (Fsp3) is 0.429. The minimum absolute atomic E-state index is 0.195. The molecule has 1 rings (SSSR count). The molecule has 0 unspecified atom stereocenters. The summed E-state index contributed by atoms with van der Waals surface area (Å²) in [6.45, 7) is 4.73. The second-order valence-corrected chi connectivity index (χ2v) is 3.89. The molecule has 2 nitrogen and oxygen atoms in total. The third-order valence-electron chi connectivity index (χ3n) is 1.94. The SMILES string of the molecule is CC(C)Oc1cccc(C#CCCCN)c1. The molecule has 0 atom stereocenters. The Balaban J connectivity index is 2.62. The zero-order valence-corrected chi connectivity index (χ0v) is 9.99. The maximum absolute atomic E-state index is 5.59. The molecule has 0 amide bonds. The Kier molecular flexibility index (Phi) is 5.45. The van der Waals surface area contributed by atoms with Gasteiger partial charge in [-0.1, -0.05) is 17.9 Å². The van der Waals surface area contributed by atoms with Gasteiger partial charge < -0.3 is 10.5 Å². The number of benzene rings is 1. The van der Waals surface area contributed by atoms with Gasteiger partial charge in [-0.3, -0.25) is 0 Å². The van der Waals surface area contributed by atoms with Crippen LogP contribution in [-0.4, -0.2) is 12.6 Å². The second kappa shape index (κ2) is 6.92. The fourth-order valence-corrected chi connectivity index (χ4v) is 1.27. The quantitative estimate of drug-likeness (QED) is 0.621. The number of hydrogen-bond donors (Lipinski definition) is 1. The maximum atomic E-state index is 5.59. The van der Waals surface area contributed by atoms with Crippen LogP contribution in [0.1, 0.15) is 32.3 Å². The first kappa shape index (κ1) is 12.6. The van der Waals surface area contributed by atoms with Gasteiger partial charge in [0.15, 0.2) is 0 Å². The minimum atomic E-state index is 0.195. The lowest BCUT2D eigenvalue weighted by Gasteiger charge is -2.09. The van der Waals surface area contributed by atoms with Crippen molar-refractivity contribution in [3.63, 3.8) is 0 Å². The highest BCUT2D eigenvalue weighted by Crippen LogP contribution is 2.14. The summed E-state index contributed by atoms with van der Waals surface area (Å²) in [6.07, 6.45) is 2.00. The monoisotopic (exact) mass is 217 g/mol. The van der Waals surface area contributed by atoms with Crippen molar-refractivity contribution in [1.29, 1.82) is 0 Å². The summed E-state index contributed by atoms with van der Waals surface area (Å²) in [7, 11) is 0. The van der Waals surface area contributed by atoms with Gasteiger partial charge in [-0.15, -0.1) is 0 Å². The van der Waals surface area contributed by atoms with Crippen LogP contribution in [0.4, 0.5) is 0 Å². The van der Waals surface area contributed by atoms with E-state index in [2.05, 4.69) is 11.8 Å². The molecule has 16 heavy (non-hydrogen) atoms. The average molecular weight is 217 g/mol. The van der Waals surface area contributed by atoms with Gasteiger partial charge in [0.2, 0.25) is 0 Å². The summed E-state index contributed by atoms with van der Waals surface area (Å²) >= 11 is 0. The fourth-order valence-electron chi connectivity index (χ4n) is 1.27. The predicted octanol–water partition coefficient (Wildman–Crippen LogP) is 2.56. The van der Waals surface area contributed by atoms with Gasteiger partial charge in [-0.05, 0) is 45.0 Å². The summed E-state index contributed by atoms with van der Waals surface area (Å²) in [5, 5.41) is 0. The van der Waals surface area contributed by atoms with Crippen LogP contribution in [-0.2, 0) is 0 Å². The Morgan fingerprint density at radius 2 is 2.19 bits per heavy atom. The number of nitrogens with two attached hydrogens (primary N) is 1. The average Bonchev–Trinajstić information content (AvgIpc) is 2.24. The highest BCUT2D eigenvalue weighted by atomic mass is 16.5. The van der Waals surface area contributed by atoms with Crippen LogP contribution in [0.5, 0.6) is 5.75 Å². The van der Waals surface area contributed by atoms with Gasteiger partial charge in [0.25, 0.3) is 0 Å². The van der Waals surface area contributed by atoms with Crippen molar-refractivity contribution in [3.05, 3.63) is 29.8 Å². The molecule has 0 radical (unpaired) electrons. The van der Waals surface area contributed by atoms with E-state index >= 15 is 0 Å². The highest BCUT2D eigenvalue weighted by molar-refractivity contribution is 5.39. The summed E-state index contributed by atoms with van der Waals surface area (Å²) in [5.41, 5.74) is 6.39. The molecule has 2 heteroatoms. The first-order chi connectivity index (χ1) is 7.72. The van der Waals surface area contributed by atoms with Gasteiger partial charge in [0.1, 0.15) is 5.75 Å². The van der Waals surface area contributed by atoms with Crippen molar-refractivity contribution in [2.75, 3.05) is 6.54 Å². The first-order valence-electron chi connectivity index (χ1n) is 5.68. The molecule has 2 N–H and O–H groups in total. The van der Waals surface area contributed by atoms with Crippen molar-refractivity contribution in [2.24, 2.45) is 5.73 Å². The summed E-state index contributed by atoms with van der Waals surface area (Å²) in [5.74, 6) is 7.08. The lowest BCUT2D eigenvalue weighted by Crippen LogP contribution is -2.05. The van der Waals surface area contributed by atoms with Gasteiger partial charge in [0.05, 0.1) is 6.10 Å². The number of rotatable bonds is 4. The molecule has 0 aliphatic carbocycles. The Morgan fingerprint density at radius 1 is 1.38 bits per heavy atom. The largest absolute Gasteiger partial charge is 0.491 e. The third kappa shape index (κ3) is 4.86. The first-order valence-corrected chi connectivity index (χ1v) is 5.68. The molecule has 0 aliphatic heterocycles. The van der Waals surface area contributed by atoms with E-state index in [0.717, 1.165) is 24.2 Å². The van der Waals surface area contributed by atoms with E-state index in [1.807, 2.05) is 38.1 Å². The summed E-state index contributed by atoms with van der Waals surface area (Å²) < 4.78 is 5.59. The Morgan fingerprint density at radius 3 is 2.88 bits per heavy atom.